The number of hydrogen-bond acceptors (Lipinski definition) is 5. The highest BCUT2D eigenvalue weighted by Gasteiger charge is 2.56. The smallest absolute Gasteiger partial charge is 0.147 e. The molecule has 0 saturated carbocycles. The van der Waals surface area contributed by atoms with Crippen LogP contribution in [-0.4, -0.2) is 27.7 Å². The topological polar surface area (TPSA) is 64.3 Å². The number of fused-ring (bicyclic) bond motifs is 3. The van der Waals surface area contributed by atoms with Gasteiger partial charge in [0.25, 0.3) is 0 Å². The molecule has 2 N–H and O–H groups in total. The van der Waals surface area contributed by atoms with Crippen molar-refractivity contribution in [2.24, 2.45) is 5.73 Å². The fourth-order valence-electron chi connectivity index (χ4n) is 4.79. The molecule has 3 aliphatic rings. The summed E-state index contributed by atoms with van der Waals surface area (Å²) < 4.78 is 7.20. The minimum Gasteiger partial charge on any atom is -0.485 e. The second-order valence-corrected chi connectivity index (χ2v) is 7.89. The van der Waals surface area contributed by atoms with Gasteiger partial charge in [0, 0.05) is 30.5 Å². The molecule has 5 nitrogen and oxygen atoms in total. The Bertz CT molecular complexity index is 767. The minimum atomic E-state index is -0.269. The van der Waals surface area contributed by atoms with E-state index in [2.05, 4.69) is 36.9 Å². The molecule has 24 heavy (non-hydrogen) atoms. The molecule has 6 heteroatoms. The van der Waals surface area contributed by atoms with Crippen LogP contribution in [0.4, 0.5) is 5.82 Å². The quantitative estimate of drug-likeness (QED) is 0.814. The Hall–Kier alpha value is -1.66. The molecule has 5 rings (SSSR count). The van der Waals surface area contributed by atoms with Crippen LogP contribution in [0.1, 0.15) is 37.3 Å². The molecule has 2 saturated heterocycles. The second-order valence-electron chi connectivity index (χ2n) is 7.08. The Kier molecular flexibility index (Phi) is 3.16. The monoisotopic (exact) mass is 386 g/mol. The number of para-hydroxylation sites is 1. The number of nitrogens with zero attached hydrogens (tertiary/aromatic N) is 3. The summed E-state index contributed by atoms with van der Waals surface area (Å²) >= 11 is 3.36. The summed E-state index contributed by atoms with van der Waals surface area (Å²) in [5.74, 6) is 1.92. The third kappa shape index (κ3) is 2.02. The lowest BCUT2D eigenvalue weighted by Gasteiger charge is -2.46. The molecule has 1 spiro atoms. The highest BCUT2D eigenvalue weighted by Crippen LogP contribution is 2.53. The van der Waals surface area contributed by atoms with Gasteiger partial charge in [-0.2, -0.15) is 0 Å². The van der Waals surface area contributed by atoms with E-state index >= 15 is 0 Å². The van der Waals surface area contributed by atoms with Crippen LogP contribution in [0.3, 0.4) is 0 Å². The number of anilines is 1. The maximum absolute atomic E-state index is 6.63. The normalized spacial score (nSPS) is 33.6. The largest absolute Gasteiger partial charge is 0.485 e. The van der Waals surface area contributed by atoms with Gasteiger partial charge < -0.3 is 15.4 Å². The summed E-state index contributed by atoms with van der Waals surface area (Å²) in [6.07, 6.45) is 7.84. The average molecular weight is 387 g/mol. The Morgan fingerprint density at radius 2 is 1.88 bits per heavy atom. The van der Waals surface area contributed by atoms with Crippen molar-refractivity contribution in [2.75, 3.05) is 4.90 Å². The van der Waals surface area contributed by atoms with Gasteiger partial charge in [0.2, 0.25) is 0 Å². The van der Waals surface area contributed by atoms with Crippen LogP contribution in [0.5, 0.6) is 5.75 Å². The van der Waals surface area contributed by atoms with Gasteiger partial charge in [0.05, 0.1) is 18.4 Å². The number of nitrogens with two attached hydrogens (primary N) is 1. The Morgan fingerprint density at radius 1 is 1.12 bits per heavy atom. The maximum Gasteiger partial charge on any atom is 0.147 e. The number of piperidine rings is 1. The number of hydrogen-bond donors (Lipinski definition) is 1. The van der Waals surface area contributed by atoms with Gasteiger partial charge in [-0.05, 0) is 34.8 Å². The molecule has 1 aromatic carbocycles. The fraction of sp³-hybridized carbons (Fsp3) is 0.444. The molecule has 2 aromatic rings. The molecular formula is C18H19BrN4O. The van der Waals surface area contributed by atoms with Gasteiger partial charge in [-0.3, -0.25) is 0 Å². The van der Waals surface area contributed by atoms with Crippen LogP contribution in [0, 0.1) is 0 Å². The van der Waals surface area contributed by atoms with E-state index in [-0.39, 0.29) is 11.6 Å². The first-order chi connectivity index (χ1) is 11.7. The summed E-state index contributed by atoms with van der Waals surface area (Å²) in [6.45, 7) is 0. The van der Waals surface area contributed by atoms with Crippen LogP contribution in [-0.2, 0) is 0 Å². The van der Waals surface area contributed by atoms with Crippen molar-refractivity contribution in [3.05, 3.63) is 46.8 Å². The molecule has 1 aromatic heterocycles. The van der Waals surface area contributed by atoms with Crippen LogP contribution >= 0.6 is 15.9 Å². The highest BCUT2D eigenvalue weighted by atomic mass is 79.9. The van der Waals surface area contributed by atoms with Crippen LogP contribution in [0.2, 0.25) is 0 Å². The third-order valence-corrected chi connectivity index (χ3v) is 6.20. The molecule has 2 fully saturated rings. The lowest BCUT2D eigenvalue weighted by atomic mass is 9.79. The first-order valence-corrected chi connectivity index (χ1v) is 9.25. The van der Waals surface area contributed by atoms with Crippen LogP contribution in [0.25, 0.3) is 0 Å². The van der Waals surface area contributed by atoms with Crippen molar-refractivity contribution in [1.82, 2.24) is 9.97 Å². The molecule has 4 heterocycles. The summed E-state index contributed by atoms with van der Waals surface area (Å²) in [4.78, 5) is 11.3. The molecule has 3 unspecified atom stereocenters. The van der Waals surface area contributed by atoms with E-state index in [0.717, 1.165) is 47.4 Å². The van der Waals surface area contributed by atoms with Crippen molar-refractivity contribution in [2.45, 2.75) is 49.4 Å². The zero-order valence-electron chi connectivity index (χ0n) is 13.2. The number of benzene rings is 1. The number of aromatic nitrogens is 2. The van der Waals surface area contributed by atoms with Gasteiger partial charge in [-0.25, -0.2) is 9.97 Å². The van der Waals surface area contributed by atoms with E-state index in [9.17, 15) is 0 Å². The molecule has 2 bridgehead atoms. The molecular weight excluding hydrogens is 368 g/mol. The zero-order chi connectivity index (χ0) is 16.3. The molecule has 0 radical (unpaired) electrons. The molecule has 124 valence electrons. The van der Waals surface area contributed by atoms with Crippen molar-refractivity contribution in [1.29, 1.82) is 0 Å². The average Bonchev–Trinajstić information content (AvgIpc) is 3.01. The second kappa shape index (κ2) is 5.17. The van der Waals surface area contributed by atoms with Crippen molar-refractivity contribution in [3.63, 3.8) is 0 Å². The van der Waals surface area contributed by atoms with Crippen molar-refractivity contribution in [3.8, 4) is 5.75 Å². The van der Waals surface area contributed by atoms with Gasteiger partial charge >= 0.3 is 0 Å². The minimum absolute atomic E-state index is 0.0463. The number of ether oxygens (including phenoxy) is 1. The SMILES string of the molecule is NC1c2ccccc2OC12CC1CCC(C2)N1c1cnc(Br)cn1. The van der Waals surface area contributed by atoms with E-state index in [0.29, 0.717) is 12.1 Å². The molecule has 3 atom stereocenters. The number of rotatable bonds is 1. The summed E-state index contributed by atoms with van der Waals surface area (Å²) in [7, 11) is 0. The predicted octanol–water partition coefficient (Wildman–Crippen LogP) is 3.20. The Labute approximate surface area is 149 Å². The number of halogens is 1. The van der Waals surface area contributed by atoms with Gasteiger partial charge in [0.15, 0.2) is 0 Å². The predicted molar refractivity (Wildman–Crippen MR) is 95.0 cm³/mol. The third-order valence-electron chi connectivity index (χ3n) is 5.79. The van der Waals surface area contributed by atoms with E-state index < -0.39 is 0 Å². The Balaban J connectivity index is 1.46. The summed E-state index contributed by atoms with van der Waals surface area (Å²) in [5, 5.41) is 0. The summed E-state index contributed by atoms with van der Waals surface area (Å²) in [5.41, 5.74) is 7.51. The highest BCUT2D eigenvalue weighted by molar-refractivity contribution is 9.10. The van der Waals surface area contributed by atoms with E-state index in [1.165, 1.54) is 0 Å². The van der Waals surface area contributed by atoms with Crippen LogP contribution < -0.4 is 15.4 Å². The van der Waals surface area contributed by atoms with Crippen LogP contribution in [0.15, 0.2) is 41.3 Å². The lowest BCUT2D eigenvalue weighted by molar-refractivity contribution is 0.0272. The summed E-state index contributed by atoms with van der Waals surface area (Å²) in [6, 6.07) is 8.99. The standard InChI is InChI=1S/C18H19BrN4O/c19-15-9-22-16(10-21-15)23-11-5-6-12(23)8-18(7-11)17(20)13-3-1-2-4-14(13)24-18/h1-4,9-12,17H,5-8,20H2. The fourth-order valence-corrected chi connectivity index (χ4v) is 4.99. The van der Waals surface area contributed by atoms with E-state index in [4.69, 9.17) is 10.5 Å². The Morgan fingerprint density at radius 3 is 2.54 bits per heavy atom. The van der Waals surface area contributed by atoms with Gasteiger partial charge in [0.1, 0.15) is 21.8 Å². The van der Waals surface area contributed by atoms with Crippen molar-refractivity contribution < 1.29 is 4.74 Å². The van der Waals surface area contributed by atoms with E-state index in [1.54, 1.807) is 6.20 Å². The van der Waals surface area contributed by atoms with Gasteiger partial charge in [-0.1, -0.05) is 18.2 Å². The first kappa shape index (κ1) is 14.7. The van der Waals surface area contributed by atoms with E-state index in [1.807, 2.05) is 24.4 Å². The maximum atomic E-state index is 6.63. The first-order valence-electron chi connectivity index (χ1n) is 8.46. The molecule has 3 aliphatic heterocycles. The van der Waals surface area contributed by atoms with Crippen molar-refractivity contribution >= 4 is 21.7 Å². The zero-order valence-corrected chi connectivity index (χ0v) is 14.8. The molecule has 0 aliphatic carbocycles. The molecule has 0 amide bonds. The lowest BCUT2D eigenvalue weighted by Crippen LogP contribution is -2.56. The van der Waals surface area contributed by atoms with Gasteiger partial charge in [-0.15, -0.1) is 0 Å².